The summed E-state index contributed by atoms with van der Waals surface area (Å²) in [5.74, 6) is 0.451. The molecular weight excluding hydrogens is 372 g/mol. The van der Waals surface area contributed by atoms with E-state index in [1.807, 2.05) is 18.2 Å². The van der Waals surface area contributed by atoms with Crippen LogP contribution in [0, 0.1) is 0 Å². The van der Waals surface area contributed by atoms with Gasteiger partial charge >= 0.3 is 0 Å². The smallest absolute Gasteiger partial charge is 0.219 e. The molecule has 0 saturated carbocycles. The van der Waals surface area contributed by atoms with E-state index in [0.29, 0.717) is 38.1 Å². The van der Waals surface area contributed by atoms with Gasteiger partial charge in [0.15, 0.2) is 0 Å². The molecule has 0 aliphatic heterocycles. The van der Waals surface area contributed by atoms with Gasteiger partial charge in [0, 0.05) is 25.8 Å². The summed E-state index contributed by atoms with van der Waals surface area (Å²) in [6.45, 7) is 1.40. The standard InChI is InChI=1S/C26H36N2O2/c27-20-8-2-7-13-26(30)28-21-9-3-6-12-25(29)19-16-22-14-17-24(18-15-22)23-10-4-1-5-11-23/h1,4-5,10-11,14-15,17-18H,2-3,6-9,12-13,16,19-21,27H2,(H,28,30). The molecule has 0 bridgehead atoms. The van der Waals surface area contributed by atoms with Gasteiger partial charge in [0.1, 0.15) is 5.78 Å². The van der Waals surface area contributed by atoms with Gasteiger partial charge in [-0.25, -0.2) is 0 Å². The first-order valence-corrected chi connectivity index (χ1v) is 11.3. The van der Waals surface area contributed by atoms with Crippen LogP contribution in [0.2, 0.25) is 0 Å². The van der Waals surface area contributed by atoms with Crippen molar-refractivity contribution >= 4 is 11.7 Å². The Hall–Kier alpha value is -2.46. The molecule has 4 nitrogen and oxygen atoms in total. The van der Waals surface area contributed by atoms with Crippen LogP contribution in [0.3, 0.4) is 0 Å². The second-order valence-electron chi connectivity index (χ2n) is 7.86. The van der Waals surface area contributed by atoms with E-state index in [0.717, 1.165) is 44.9 Å². The molecule has 0 spiro atoms. The first-order valence-electron chi connectivity index (χ1n) is 11.3. The van der Waals surface area contributed by atoms with Gasteiger partial charge in [0.25, 0.3) is 0 Å². The average molecular weight is 409 g/mol. The lowest BCUT2D eigenvalue weighted by molar-refractivity contribution is -0.121. The van der Waals surface area contributed by atoms with Crippen LogP contribution in [0.25, 0.3) is 11.1 Å². The van der Waals surface area contributed by atoms with Crippen molar-refractivity contribution in [2.75, 3.05) is 13.1 Å². The first kappa shape index (κ1) is 23.8. The molecule has 1 amide bonds. The number of ketones is 1. The molecule has 0 heterocycles. The molecule has 3 N–H and O–H groups in total. The molecule has 0 saturated heterocycles. The topological polar surface area (TPSA) is 72.2 Å². The number of unbranched alkanes of at least 4 members (excludes halogenated alkanes) is 4. The Bertz CT molecular complexity index is 741. The number of hydrogen-bond donors (Lipinski definition) is 2. The van der Waals surface area contributed by atoms with Crippen molar-refractivity contribution in [1.29, 1.82) is 0 Å². The van der Waals surface area contributed by atoms with Crippen LogP contribution in [-0.4, -0.2) is 24.8 Å². The molecule has 0 atom stereocenters. The molecule has 2 aromatic rings. The minimum absolute atomic E-state index is 0.126. The Labute approximate surface area is 181 Å². The molecule has 0 aromatic heterocycles. The second kappa shape index (κ2) is 14.5. The van der Waals surface area contributed by atoms with E-state index in [-0.39, 0.29) is 5.91 Å². The zero-order chi connectivity index (χ0) is 21.4. The third-order valence-corrected chi connectivity index (χ3v) is 5.32. The second-order valence-corrected chi connectivity index (χ2v) is 7.86. The summed E-state index contributed by atoms with van der Waals surface area (Å²) in [4.78, 5) is 23.8. The summed E-state index contributed by atoms with van der Waals surface area (Å²) in [5, 5.41) is 2.96. The maximum absolute atomic E-state index is 12.1. The van der Waals surface area contributed by atoms with E-state index >= 15 is 0 Å². The van der Waals surface area contributed by atoms with E-state index in [2.05, 4.69) is 41.7 Å². The van der Waals surface area contributed by atoms with Crippen molar-refractivity contribution in [3.05, 3.63) is 60.2 Å². The fourth-order valence-electron chi connectivity index (χ4n) is 3.45. The minimum atomic E-state index is 0.126. The number of hydrogen-bond acceptors (Lipinski definition) is 3. The quantitative estimate of drug-likeness (QED) is 0.405. The maximum atomic E-state index is 12.1. The van der Waals surface area contributed by atoms with E-state index in [1.54, 1.807) is 0 Å². The van der Waals surface area contributed by atoms with Crippen molar-refractivity contribution in [2.45, 2.75) is 64.2 Å². The maximum Gasteiger partial charge on any atom is 0.219 e. The van der Waals surface area contributed by atoms with Gasteiger partial charge in [-0.15, -0.1) is 0 Å². The Morgan fingerprint density at radius 2 is 1.37 bits per heavy atom. The zero-order valence-electron chi connectivity index (χ0n) is 18.1. The molecule has 162 valence electrons. The molecule has 0 fully saturated rings. The number of benzene rings is 2. The third-order valence-electron chi connectivity index (χ3n) is 5.32. The Morgan fingerprint density at radius 1 is 0.700 bits per heavy atom. The summed E-state index contributed by atoms with van der Waals surface area (Å²) < 4.78 is 0. The van der Waals surface area contributed by atoms with Gasteiger partial charge in [-0.2, -0.15) is 0 Å². The first-order chi connectivity index (χ1) is 14.7. The van der Waals surface area contributed by atoms with E-state index in [1.165, 1.54) is 16.7 Å². The predicted molar refractivity (Wildman–Crippen MR) is 124 cm³/mol. The van der Waals surface area contributed by atoms with Crippen molar-refractivity contribution in [3.8, 4) is 11.1 Å². The fourth-order valence-corrected chi connectivity index (χ4v) is 3.45. The molecule has 0 aliphatic carbocycles. The van der Waals surface area contributed by atoms with Gasteiger partial charge in [-0.1, -0.05) is 67.4 Å². The molecule has 0 aliphatic rings. The monoisotopic (exact) mass is 408 g/mol. The van der Waals surface area contributed by atoms with Crippen LogP contribution in [0.4, 0.5) is 0 Å². The number of amides is 1. The number of Topliss-reactive ketones (excluding diaryl/α,β-unsaturated/α-hetero) is 1. The largest absolute Gasteiger partial charge is 0.356 e. The lowest BCUT2D eigenvalue weighted by atomic mass is 10.0. The highest BCUT2D eigenvalue weighted by Crippen LogP contribution is 2.19. The summed E-state index contributed by atoms with van der Waals surface area (Å²) >= 11 is 0. The fraction of sp³-hybridized carbons (Fsp3) is 0.462. The van der Waals surface area contributed by atoms with Crippen LogP contribution in [-0.2, 0) is 16.0 Å². The van der Waals surface area contributed by atoms with Crippen molar-refractivity contribution < 1.29 is 9.59 Å². The molecule has 2 rings (SSSR count). The van der Waals surface area contributed by atoms with Crippen LogP contribution in [0.1, 0.15) is 63.4 Å². The SMILES string of the molecule is NCCCCCC(=O)NCCCCCC(=O)CCc1ccc(-c2ccccc2)cc1. The highest BCUT2D eigenvalue weighted by Gasteiger charge is 2.05. The van der Waals surface area contributed by atoms with Crippen LogP contribution in [0.15, 0.2) is 54.6 Å². The van der Waals surface area contributed by atoms with Gasteiger partial charge < -0.3 is 11.1 Å². The number of nitrogens with one attached hydrogen (secondary N) is 1. The van der Waals surface area contributed by atoms with Crippen molar-refractivity contribution in [2.24, 2.45) is 5.73 Å². The third kappa shape index (κ3) is 9.84. The van der Waals surface area contributed by atoms with Crippen molar-refractivity contribution in [3.63, 3.8) is 0 Å². The van der Waals surface area contributed by atoms with E-state index < -0.39 is 0 Å². The molecule has 4 heteroatoms. The molecular formula is C26H36N2O2. The number of nitrogens with two attached hydrogens (primary N) is 1. The van der Waals surface area contributed by atoms with Crippen molar-refractivity contribution in [1.82, 2.24) is 5.32 Å². The zero-order valence-corrected chi connectivity index (χ0v) is 18.1. The number of rotatable bonds is 15. The highest BCUT2D eigenvalue weighted by molar-refractivity contribution is 5.78. The summed E-state index contributed by atoms with van der Waals surface area (Å²) in [6.07, 6.45) is 8.35. The number of aryl methyl sites for hydroxylation is 1. The number of carbonyl (C=O) groups excluding carboxylic acids is 2. The Morgan fingerprint density at radius 3 is 2.10 bits per heavy atom. The molecule has 30 heavy (non-hydrogen) atoms. The lowest BCUT2D eigenvalue weighted by Gasteiger charge is -2.06. The predicted octanol–water partition coefficient (Wildman–Crippen LogP) is 5.05. The minimum Gasteiger partial charge on any atom is -0.356 e. The summed E-state index contributed by atoms with van der Waals surface area (Å²) in [5.41, 5.74) is 9.06. The normalized spacial score (nSPS) is 10.7. The van der Waals surface area contributed by atoms with Crippen LogP contribution >= 0.6 is 0 Å². The van der Waals surface area contributed by atoms with E-state index in [9.17, 15) is 9.59 Å². The van der Waals surface area contributed by atoms with Gasteiger partial charge in [-0.3, -0.25) is 9.59 Å². The molecule has 0 unspecified atom stereocenters. The summed E-state index contributed by atoms with van der Waals surface area (Å²) in [7, 11) is 0. The lowest BCUT2D eigenvalue weighted by Crippen LogP contribution is -2.24. The van der Waals surface area contributed by atoms with Gasteiger partial charge in [0.2, 0.25) is 5.91 Å². The Kier molecular flexibility index (Phi) is 11.5. The number of carbonyl (C=O) groups is 2. The van der Waals surface area contributed by atoms with E-state index in [4.69, 9.17) is 5.73 Å². The van der Waals surface area contributed by atoms with Gasteiger partial charge in [-0.05, 0) is 55.3 Å². The highest BCUT2D eigenvalue weighted by atomic mass is 16.1. The van der Waals surface area contributed by atoms with Crippen LogP contribution in [0.5, 0.6) is 0 Å². The Balaban J connectivity index is 1.52. The average Bonchev–Trinajstić information content (AvgIpc) is 2.78. The van der Waals surface area contributed by atoms with Gasteiger partial charge in [0.05, 0.1) is 0 Å². The molecule has 0 radical (unpaired) electrons. The van der Waals surface area contributed by atoms with Crippen LogP contribution < -0.4 is 11.1 Å². The molecule has 2 aromatic carbocycles. The summed E-state index contributed by atoms with van der Waals surface area (Å²) in [6, 6.07) is 18.8.